The van der Waals surface area contributed by atoms with Crippen molar-refractivity contribution in [2.75, 3.05) is 0 Å². The number of nitrogens with zero attached hydrogens (tertiary/aromatic N) is 1. The molecule has 1 aromatic carbocycles. The highest BCUT2D eigenvalue weighted by Crippen LogP contribution is 2.37. The van der Waals surface area contributed by atoms with Gasteiger partial charge in [-0.1, -0.05) is 33.6 Å². The molecule has 1 nitrogen and oxygen atoms in total. The van der Waals surface area contributed by atoms with Crippen molar-refractivity contribution >= 4 is 49.0 Å². The van der Waals surface area contributed by atoms with E-state index in [2.05, 4.69) is 22.0 Å². The van der Waals surface area contributed by atoms with Gasteiger partial charge in [-0.3, -0.25) is 0 Å². The van der Waals surface area contributed by atoms with Crippen LogP contribution in [0, 0.1) is 11.3 Å². The Balaban J connectivity index is 2.78. The van der Waals surface area contributed by atoms with E-state index < -0.39 is 0 Å². The second-order valence-electron chi connectivity index (χ2n) is 2.83. The number of fused-ring (bicyclic) bond motifs is 1. The van der Waals surface area contributed by atoms with E-state index in [4.69, 9.17) is 16.9 Å². The highest BCUT2D eigenvalue weighted by Gasteiger charge is 2.09. The van der Waals surface area contributed by atoms with Crippen LogP contribution in [0.25, 0.3) is 10.1 Å². The van der Waals surface area contributed by atoms with Gasteiger partial charge in [0, 0.05) is 19.9 Å². The van der Waals surface area contributed by atoms with Gasteiger partial charge in [0.1, 0.15) is 0 Å². The van der Waals surface area contributed by atoms with Crippen molar-refractivity contribution in [2.45, 2.75) is 6.42 Å². The second-order valence-corrected chi connectivity index (χ2v) is 4.97. The quantitative estimate of drug-likeness (QED) is 0.763. The molecule has 0 aliphatic carbocycles. The summed E-state index contributed by atoms with van der Waals surface area (Å²) < 4.78 is 2.09. The molecule has 0 fully saturated rings. The lowest BCUT2D eigenvalue weighted by molar-refractivity contribution is 1.29. The Morgan fingerprint density at radius 3 is 3.00 bits per heavy atom. The van der Waals surface area contributed by atoms with Gasteiger partial charge in [0.15, 0.2) is 0 Å². The highest BCUT2D eigenvalue weighted by atomic mass is 79.9. The predicted molar refractivity (Wildman–Crippen MR) is 63.9 cm³/mol. The van der Waals surface area contributed by atoms with Crippen LogP contribution in [0.5, 0.6) is 0 Å². The monoisotopic (exact) mass is 285 g/mol. The third-order valence-electron chi connectivity index (χ3n) is 1.98. The van der Waals surface area contributed by atoms with Crippen molar-refractivity contribution in [3.63, 3.8) is 0 Å². The van der Waals surface area contributed by atoms with Gasteiger partial charge in [-0.15, -0.1) is 11.3 Å². The molecular formula is C10H5BrClNS. The van der Waals surface area contributed by atoms with Crippen LogP contribution in [0.3, 0.4) is 0 Å². The number of hydrogen-bond donors (Lipinski definition) is 0. The molecule has 0 unspecified atom stereocenters. The van der Waals surface area contributed by atoms with Crippen molar-refractivity contribution in [2.24, 2.45) is 0 Å². The van der Waals surface area contributed by atoms with E-state index in [1.807, 2.05) is 17.5 Å². The lowest BCUT2D eigenvalue weighted by Crippen LogP contribution is -1.81. The Morgan fingerprint density at radius 1 is 1.50 bits per heavy atom. The van der Waals surface area contributed by atoms with Crippen molar-refractivity contribution < 1.29 is 0 Å². The SMILES string of the molecule is N#CCc1ccc(Br)c2c(Cl)csc12. The van der Waals surface area contributed by atoms with Gasteiger partial charge in [-0.05, 0) is 11.6 Å². The first kappa shape index (κ1) is 9.97. The molecule has 0 spiro atoms. The van der Waals surface area contributed by atoms with Crippen LogP contribution in [0.1, 0.15) is 5.56 Å². The van der Waals surface area contributed by atoms with Crippen molar-refractivity contribution in [3.05, 3.63) is 32.6 Å². The summed E-state index contributed by atoms with van der Waals surface area (Å²) in [6.07, 6.45) is 0.431. The molecular weight excluding hydrogens is 282 g/mol. The van der Waals surface area contributed by atoms with Gasteiger partial charge in [0.25, 0.3) is 0 Å². The number of benzene rings is 1. The summed E-state index contributed by atoms with van der Waals surface area (Å²) in [5.74, 6) is 0. The molecule has 0 saturated carbocycles. The van der Waals surface area contributed by atoms with Crippen LogP contribution in [-0.4, -0.2) is 0 Å². The predicted octanol–water partition coefficient (Wildman–Crippen LogP) is 4.38. The molecule has 70 valence electrons. The van der Waals surface area contributed by atoms with Crippen LogP contribution < -0.4 is 0 Å². The zero-order valence-corrected chi connectivity index (χ0v) is 10.2. The molecule has 14 heavy (non-hydrogen) atoms. The summed E-state index contributed by atoms with van der Waals surface area (Å²) in [6, 6.07) is 6.05. The Kier molecular flexibility index (Phi) is 2.78. The zero-order chi connectivity index (χ0) is 10.1. The maximum Gasteiger partial charge on any atom is 0.0670 e. The summed E-state index contributed by atoms with van der Waals surface area (Å²) in [4.78, 5) is 0. The Morgan fingerprint density at radius 2 is 2.29 bits per heavy atom. The van der Waals surface area contributed by atoms with Gasteiger partial charge < -0.3 is 0 Å². The van der Waals surface area contributed by atoms with Gasteiger partial charge in [-0.25, -0.2) is 0 Å². The Labute approximate surface area is 99.0 Å². The van der Waals surface area contributed by atoms with Crippen LogP contribution in [0.4, 0.5) is 0 Å². The van der Waals surface area contributed by atoms with Crippen LogP contribution in [-0.2, 0) is 6.42 Å². The van der Waals surface area contributed by atoms with Gasteiger partial charge in [0.2, 0.25) is 0 Å². The minimum atomic E-state index is 0.431. The first-order valence-electron chi connectivity index (χ1n) is 3.95. The van der Waals surface area contributed by atoms with E-state index >= 15 is 0 Å². The molecule has 1 aromatic heterocycles. The molecule has 4 heteroatoms. The van der Waals surface area contributed by atoms with E-state index in [0.29, 0.717) is 6.42 Å². The number of nitriles is 1. The van der Waals surface area contributed by atoms with E-state index in [0.717, 1.165) is 25.1 Å². The van der Waals surface area contributed by atoms with E-state index in [-0.39, 0.29) is 0 Å². The molecule has 2 rings (SSSR count). The fraction of sp³-hybridized carbons (Fsp3) is 0.100. The largest absolute Gasteiger partial charge is 0.198 e. The zero-order valence-electron chi connectivity index (χ0n) is 7.05. The molecule has 0 bridgehead atoms. The number of hydrogen-bond acceptors (Lipinski definition) is 2. The molecule has 0 saturated heterocycles. The number of rotatable bonds is 1. The Bertz CT molecular complexity index is 527. The van der Waals surface area contributed by atoms with E-state index in [9.17, 15) is 0 Å². The lowest BCUT2D eigenvalue weighted by Gasteiger charge is -1.99. The third kappa shape index (κ3) is 1.54. The summed E-state index contributed by atoms with van der Waals surface area (Å²) in [6.45, 7) is 0. The molecule has 0 aliphatic heterocycles. The topological polar surface area (TPSA) is 23.8 Å². The van der Waals surface area contributed by atoms with Crippen molar-refractivity contribution in [3.8, 4) is 6.07 Å². The molecule has 0 radical (unpaired) electrons. The smallest absolute Gasteiger partial charge is 0.0670 e. The van der Waals surface area contributed by atoms with E-state index in [1.165, 1.54) is 0 Å². The van der Waals surface area contributed by atoms with Crippen molar-refractivity contribution in [1.82, 2.24) is 0 Å². The first-order valence-corrected chi connectivity index (χ1v) is 6.00. The maximum absolute atomic E-state index is 8.67. The summed E-state index contributed by atoms with van der Waals surface area (Å²) in [5.41, 5.74) is 1.04. The minimum absolute atomic E-state index is 0.431. The van der Waals surface area contributed by atoms with Gasteiger partial charge >= 0.3 is 0 Å². The van der Waals surface area contributed by atoms with Crippen molar-refractivity contribution in [1.29, 1.82) is 5.26 Å². The lowest BCUT2D eigenvalue weighted by atomic mass is 10.1. The first-order chi connectivity index (χ1) is 6.74. The molecule has 0 amide bonds. The van der Waals surface area contributed by atoms with Gasteiger partial charge in [-0.2, -0.15) is 5.26 Å². The number of thiophene rings is 1. The summed E-state index contributed by atoms with van der Waals surface area (Å²) >= 11 is 11.1. The Hall–Kier alpha value is -0.560. The summed E-state index contributed by atoms with van der Waals surface area (Å²) in [7, 11) is 0. The van der Waals surface area contributed by atoms with Crippen LogP contribution >= 0.6 is 38.9 Å². The summed E-state index contributed by atoms with van der Waals surface area (Å²) in [5, 5.41) is 12.3. The minimum Gasteiger partial charge on any atom is -0.198 e. The average Bonchev–Trinajstić information content (AvgIpc) is 2.54. The normalized spacial score (nSPS) is 10.4. The van der Waals surface area contributed by atoms with Gasteiger partial charge in [0.05, 0.1) is 17.5 Å². The molecule has 0 N–H and O–H groups in total. The third-order valence-corrected chi connectivity index (χ3v) is 4.12. The molecule has 0 atom stereocenters. The highest BCUT2D eigenvalue weighted by molar-refractivity contribution is 9.10. The molecule has 0 aliphatic rings. The number of halogens is 2. The standard InChI is InChI=1S/C10H5BrClNS/c11-7-2-1-6(3-4-13)10-9(7)8(12)5-14-10/h1-2,5H,3H2. The maximum atomic E-state index is 8.67. The molecule has 2 aromatic rings. The van der Waals surface area contributed by atoms with Crippen LogP contribution in [0.2, 0.25) is 5.02 Å². The average molecular weight is 287 g/mol. The molecule has 1 heterocycles. The second kappa shape index (κ2) is 3.90. The fourth-order valence-corrected chi connectivity index (χ4v) is 3.50. The fourth-order valence-electron chi connectivity index (χ4n) is 1.35. The van der Waals surface area contributed by atoms with E-state index in [1.54, 1.807) is 11.3 Å². The van der Waals surface area contributed by atoms with Crippen LogP contribution in [0.15, 0.2) is 22.0 Å².